The maximum absolute atomic E-state index is 13.5. The van der Waals surface area contributed by atoms with Gasteiger partial charge >= 0.3 is 6.55 Å². The highest BCUT2D eigenvalue weighted by Gasteiger charge is 2.20. The first-order chi connectivity index (χ1) is 11.3. The molecule has 0 fully saturated rings. The van der Waals surface area contributed by atoms with Crippen LogP contribution in [-0.4, -0.2) is 27.3 Å². The number of alkyl halides is 2. The quantitative estimate of drug-likeness (QED) is 0.848. The summed E-state index contributed by atoms with van der Waals surface area (Å²) in [7, 11) is 0. The standard InChI is InChI=1S/C16H18F3N3O2/c1-9-12(10(2)22(21-9)16(18)19)7-15(24)20-8-14(23)11-5-3-4-6-13(11)17/h3-6,14,16,23H,7-8H2,1-2H3,(H,20,24). The number of amides is 1. The molecule has 2 N–H and O–H groups in total. The monoisotopic (exact) mass is 341 g/mol. The molecule has 2 rings (SSSR count). The summed E-state index contributed by atoms with van der Waals surface area (Å²) in [6.45, 7) is 0.0513. The Balaban J connectivity index is 1.98. The van der Waals surface area contributed by atoms with Gasteiger partial charge < -0.3 is 10.4 Å². The van der Waals surface area contributed by atoms with Crippen LogP contribution in [-0.2, 0) is 11.2 Å². The fraction of sp³-hybridized carbons (Fsp3) is 0.375. The van der Waals surface area contributed by atoms with Gasteiger partial charge in [-0.15, -0.1) is 0 Å². The third-order valence-corrected chi connectivity index (χ3v) is 3.75. The van der Waals surface area contributed by atoms with E-state index in [-0.39, 0.29) is 24.2 Å². The van der Waals surface area contributed by atoms with Crippen LogP contribution < -0.4 is 5.32 Å². The van der Waals surface area contributed by atoms with E-state index in [1.807, 2.05) is 0 Å². The molecule has 0 saturated carbocycles. The molecule has 1 atom stereocenters. The van der Waals surface area contributed by atoms with Crippen molar-refractivity contribution in [3.8, 4) is 0 Å². The van der Waals surface area contributed by atoms with Crippen molar-refractivity contribution < 1.29 is 23.1 Å². The Hall–Kier alpha value is -2.35. The first-order valence-corrected chi connectivity index (χ1v) is 7.33. The van der Waals surface area contributed by atoms with E-state index in [0.717, 1.165) is 0 Å². The van der Waals surface area contributed by atoms with Crippen molar-refractivity contribution in [2.24, 2.45) is 0 Å². The molecule has 0 aliphatic rings. The average Bonchev–Trinajstić information content (AvgIpc) is 2.81. The van der Waals surface area contributed by atoms with Gasteiger partial charge in [-0.1, -0.05) is 18.2 Å². The molecule has 1 amide bonds. The van der Waals surface area contributed by atoms with Crippen molar-refractivity contribution in [2.75, 3.05) is 6.54 Å². The fourth-order valence-electron chi connectivity index (χ4n) is 2.43. The number of nitrogens with zero attached hydrogens (tertiary/aromatic N) is 2. The van der Waals surface area contributed by atoms with E-state index < -0.39 is 24.4 Å². The molecule has 0 spiro atoms. The number of halogens is 3. The summed E-state index contributed by atoms with van der Waals surface area (Å²) in [5, 5.41) is 16.1. The molecule has 0 bridgehead atoms. The fourth-order valence-corrected chi connectivity index (χ4v) is 2.43. The van der Waals surface area contributed by atoms with Crippen LogP contribution in [0.4, 0.5) is 13.2 Å². The molecule has 1 aromatic heterocycles. The summed E-state index contributed by atoms with van der Waals surface area (Å²) in [5.41, 5.74) is 1.05. The summed E-state index contributed by atoms with van der Waals surface area (Å²) >= 11 is 0. The predicted molar refractivity (Wildman–Crippen MR) is 81.0 cm³/mol. The number of rotatable bonds is 6. The second-order valence-electron chi connectivity index (χ2n) is 5.39. The Bertz CT molecular complexity index is 731. The number of carbonyl (C=O) groups excluding carboxylic acids is 1. The van der Waals surface area contributed by atoms with Crippen molar-refractivity contribution in [3.63, 3.8) is 0 Å². The molecule has 0 aliphatic carbocycles. The zero-order chi connectivity index (χ0) is 17.9. The molecule has 1 heterocycles. The van der Waals surface area contributed by atoms with Gasteiger partial charge in [0, 0.05) is 23.4 Å². The molecule has 24 heavy (non-hydrogen) atoms. The first-order valence-electron chi connectivity index (χ1n) is 7.33. The van der Waals surface area contributed by atoms with E-state index in [1.165, 1.54) is 25.1 Å². The molecular weight excluding hydrogens is 323 g/mol. The number of aryl methyl sites for hydroxylation is 1. The number of aliphatic hydroxyl groups excluding tert-OH is 1. The highest BCUT2D eigenvalue weighted by Crippen LogP contribution is 2.20. The van der Waals surface area contributed by atoms with Crippen LogP contribution in [0.2, 0.25) is 0 Å². The lowest BCUT2D eigenvalue weighted by Crippen LogP contribution is -2.30. The highest BCUT2D eigenvalue weighted by atomic mass is 19.3. The minimum absolute atomic E-state index is 0.0793. The van der Waals surface area contributed by atoms with Gasteiger partial charge in [0.15, 0.2) is 0 Å². The molecule has 0 saturated heterocycles. The predicted octanol–water partition coefficient (Wildman–Crippen LogP) is 2.43. The van der Waals surface area contributed by atoms with Crippen molar-refractivity contribution in [3.05, 3.63) is 52.6 Å². The van der Waals surface area contributed by atoms with Crippen molar-refractivity contribution in [1.82, 2.24) is 15.1 Å². The number of nitrogens with one attached hydrogen (secondary N) is 1. The summed E-state index contributed by atoms with van der Waals surface area (Å²) in [6.07, 6.45) is -1.34. The zero-order valence-electron chi connectivity index (χ0n) is 13.3. The normalized spacial score (nSPS) is 12.5. The van der Waals surface area contributed by atoms with Crippen LogP contribution in [0, 0.1) is 19.7 Å². The van der Waals surface area contributed by atoms with Crippen LogP contribution in [0.3, 0.4) is 0 Å². The Morgan fingerprint density at radius 3 is 2.58 bits per heavy atom. The smallest absolute Gasteiger partial charge is 0.333 e. The van der Waals surface area contributed by atoms with Crippen LogP contribution in [0.5, 0.6) is 0 Å². The molecular formula is C16H18F3N3O2. The van der Waals surface area contributed by atoms with Crippen molar-refractivity contribution >= 4 is 5.91 Å². The maximum Gasteiger partial charge on any atom is 0.333 e. The maximum atomic E-state index is 13.5. The van der Waals surface area contributed by atoms with Crippen LogP contribution in [0.15, 0.2) is 24.3 Å². The van der Waals surface area contributed by atoms with E-state index in [2.05, 4.69) is 10.4 Å². The molecule has 8 heteroatoms. The lowest BCUT2D eigenvalue weighted by Gasteiger charge is -2.13. The number of benzene rings is 1. The summed E-state index contributed by atoms with van der Waals surface area (Å²) < 4.78 is 39.6. The van der Waals surface area contributed by atoms with Gasteiger partial charge in [-0.05, 0) is 19.9 Å². The molecule has 1 aromatic carbocycles. The number of hydrogen-bond donors (Lipinski definition) is 2. The molecule has 5 nitrogen and oxygen atoms in total. The van der Waals surface area contributed by atoms with Gasteiger partial charge in [0.25, 0.3) is 0 Å². The van der Waals surface area contributed by atoms with Crippen molar-refractivity contribution in [2.45, 2.75) is 32.9 Å². The lowest BCUT2D eigenvalue weighted by atomic mass is 10.1. The van der Waals surface area contributed by atoms with Gasteiger partial charge in [-0.3, -0.25) is 4.79 Å². The summed E-state index contributed by atoms with van der Waals surface area (Å²) in [6, 6.07) is 5.71. The van der Waals surface area contributed by atoms with Gasteiger partial charge in [0.05, 0.1) is 18.2 Å². The number of aromatic nitrogens is 2. The van der Waals surface area contributed by atoms with E-state index in [0.29, 0.717) is 15.9 Å². The topological polar surface area (TPSA) is 67.2 Å². The first kappa shape index (κ1) is 18.0. The van der Waals surface area contributed by atoms with Crippen LogP contribution in [0.1, 0.15) is 35.2 Å². The Morgan fingerprint density at radius 1 is 1.33 bits per heavy atom. The second-order valence-corrected chi connectivity index (χ2v) is 5.39. The molecule has 130 valence electrons. The SMILES string of the molecule is Cc1nn(C(F)F)c(C)c1CC(=O)NCC(O)c1ccccc1F. The Morgan fingerprint density at radius 2 is 2.00 bits per heavy atom. The summed E-state index contributed by atoms with van der Waals surface area (Å²) in [4.78, 5) is 12.0. The third kappa shape index (κ3) is 3.94. The summed E-state index contributed by atoms with van der Waals surface area (Å²) in [5.74, 6) is -1.03. The second kappa shape index (κ2) is 7.48. The van der Waals surface area contributed by atoms with Gasteiger partial charge in [-0.25, -0.2) is 9.07 Å². The Labute approximate surface area is 137 Å². The lowest BCUT2D eigenvalue weighted by molar-refractivity contribution is -0.120. The number of carbonyl (C=O) groups is 1. The van der Waals surface area contributed by atoms with Gasteiger partial charge in [0.1, 0.15) is 5.82 Å². The number of aliphatic hydroxyl groups is 1. The molecule has 0 aliphatic heterocycles. The molecule has 0 radical (unpaired) electrons. The van der Waals surface area contributed by atoms with Gasteiger partial charge in [-0.2, -0.15) is 13.9 Å². The van der Waals surface area contributed by atoms with E-state index in [4.69, 9.17) is 0 Å². The molecule has 2 aromatic rings. The molecule has 1 unspecified atom stereocenters. The van der Waals surface area contributed by atoms with Crippen molar-refractivity contribution in [1.29, 1.82) is 0 Å². The third-order valence-electron chi connectivity index (χ3n) is 3.75. The average molecular weight is 341 g/mol. The van der Waals surface area contributed by atoms with E-state index in [9.17, 15) is 23.1 Å². The number of hydrogen-bond acceptors (Lipinski definition) is 3. The zero-order valence-corrected chi connectivity index (χ0v) is 13.3. The van der Waals surface area contributed by atoms with Gasteiger partial charge in [0.2, 0.25) is 5.91 Å². The minimum atomic E-state index is -2.77. The Kier molecular flexibility index (Phi) is 5.61. The largest absolute Gasteiger partial charge is 0.386 e. The minimum Gasteiger partial charge on any atom is -0.386 e. The highest BCUT2D eigenvalue weighted by molar-refractivity contribution is 5.79. The van der Waals surface area contributed by atoms with Crippen LogP contribution in [0.25, 0.3) is 0 Å². The van der Waals surface area contributed by atoms with E-state index >= 15 is 0 Å². The van der Waals surface area contributed by atoms with E-state index in [1.54, 1.807) is 13.0 Å². The van der Waals surface area contributed by atoms with Crippen LogP contribution >= 0.6 is 0 Å².